The van der Waals surface area contributed by atoms with Gasteiger partial charge in [0.1, 0.15) is 0 Å². The maximum atomic E-state index is 12.2. The van der Waals surface area contributed by atoms with Crippen molar-refractivity contribution in [1.29, 1.82) is 0 Å². The van der Waals surface area contributed by atoms with Crippen molar-refractivity contribution < 1.29 is 4.39 Å². The van der Waals surface area contributed by atoms with Gasteiger partial charge in [-0.1, -0.05) is 0 Å². The lowest BCUT2D eigenvalue weighted by molar-refractivity contribution is 0.317. The van der Waals surface area contributed by atoms with Crippen LogP contribution in [-0.4, -0.2) is 18.3 Å². The average molecular weight is 147 g/mol. The minimum atomic E-state index is -0.685. The van der Waals surface area contributed by atoms with Crippen LogP contribution in [0.25, 0.3) is 0 Å². The van der Waals surface area contributed by atoms with E-state index in [1.165, 1.54) is 0 Å². The van der Waals surface area contributed by atoms with Gasteiger partial charge in [0, 0.05) is 5.54 Å². The van der Waals surface area contributed by atoms with E-state index in [9.17, 15) is 4.39 Å². The van der Waals surface area contributed by atoms with E-state index < -0.39 is 6.17 Å². The van der Waals surface area contributed by atoms with Gasteiger partial charge in [-0.2, -0.15) is 0 Å². The molecule has 1 atom stereocenters. The highest BCUT2D eigenvalue weighted by atomic mass is 19.1. The molecule has 0 aliphatic heterocycles. The van der Waals surface area contributed by atoms with Crippen molar-refractivity contribution in [3.8, 4) is 0 Å². The van der Waals surface area contributed by atoms with Gasteiger partial charge in [-0.05, 0) is 40.7 Å². The normalized spacial score (nSPS) is 15.3. The first-order valence-electron chi connectivity index (χ1n) is 3.81. The van der Waals surface area contributed by atoms with Crippen molar-refractivity contribution in [3.63, 3.8) is 0 Å². The number of hydrogen-bond donors (Lipinski definition) is 1. The third-order valence-corrected chi connectivity index (χ3v) is 1.20. The van der Waals surface area contributed by atoms with Gasteiger partial charge in [0.05, 0.1) is 6.17 Å². The zero-order valence-electron chi connectivity index (χ0n) is 7.37. The van der Waals surface area contributed by atoms with E-state index in [0.29, 0.717) is 6.42 Å². The lowest BCUT2D eigenvalue weighted by Crippen LogP contribution is -2.37. The highest BCUT2D eigenvalue weighted by Gasteiger charge is 2.08. The van der Waals surface area contributed by atoms with Gasteiger partial charge in [-0.25, -0.2) is 4.39 Å². The largest absolute Gasteiger partial charge is 0.312 e. The Balaban J connectivity index is 3.21. The van der Waals surface area contributed by atoms with Crippen LogP contribution in [0.5, 0.6) is 0 Å². The predicted octanol–water partition coefficient (Wildman–Crippen LogP) is 2.12. The molecule has 0 bridgehead atoms. The summed E-state index contributed by atoms with van der Waals surface area (Å²) in [6.07, 6.45) is -0.0769. The van der Waals surface area contributed by atoms with Crippen molar-refractivity contribution in [2.75, 3.05) is 6.54 Å². The van der Waals surface area contributed by atoms with E-state index in [1.807, 2.05) is 0 Å². The van der Waals surface area contributed by atoms with Crippen LogP contribution in [0.3, 0.4) is 0 Å². The standard InChI is InChI=1S/C8H18FN/c1-7(9)5-6-10-8(2,3)4/h7,10H,5-6H2,1-4H3. The molecule has 0 aliphatic carbocycles. The molecule has 0 saturated carbocycles. The molecule has 0 heterocycles. The monoisotopic (exact) mass is 147 g/mol. The molecule has 0 aromatic rings. The molecule has 2 heteroatoms. The summed E-state index contributed by atoms with van der Waals surface area (Å²) in [6.45, 7) is 8.59. The molecular weight excluding hydrogens is 129 g/mol. The van der Waals surface area contributed by atoms with Gasteiger partial charge in [0.25, 0.3) is 0 Å². The number of alkyl halides is 1. The quantitative estimate of drug-likeness (QED) is 0.644. The fraction of sp³-hybridized carbons (Fsp3) is 1.00. The second-order valence-corrected chi connectivity index (χ2v) is 3.75. The van der Waals surface area contributed by atoms with Crippen LogP contribution in [-0.2, 0) is 0 Å². The van der Waals surface area contributed by atoms with Crippen molar-refractivity contribution >= 4 is 0 Å². The Hall–Kier alpha value is -0.110. The van der Waals surface area contributed by atoms with Gasteiger partial charge >= 0.3 is 0 Å². The van der Waals surface area contributed by atoms with Gasteiger partial charge < -0.3 is 5.32 Å². The lowest BCUT2D eigenvalue weighted by Gasteiger charge is -2.20. The summed E-state index contributed by atoms with van der Waals surface area (Å²) in [6, 6.07) is 0. The maximum Gasteiger partial charge on any atom is 0.0985 e. The lowest BCUT2D eigenvalue weighted by atomic mass is 10.1. The summed E-state index contributed by atoms with van der Waals surface area (Å²) >= 11 is 0. The van der Waals surface area contributed by atoms with Crippen LogP contribution in [0.15, 0.2) is 0 Å². The Morgan fingerprint density at radius 1 is 1.40 bits per heavy atom. The molecule has 1 nitrogen and oxygen atoms in total. The fourth-order valence-corrected chi connectivity index (χ4v) is 0.646. The summed E-state index contributed by atoms with van der Waals surface area (Å²) in [5.41, 5.74) is 0.120. The van der Waals surface area contributed by atoms with Crippen molar-refractivity contribution in [1.82, 2.24) is 5.32 Å². The SMILES string of the molecule is CC(F)CCNC(C)(C)C. The molecule has 1 unspecified atom stereocenters. The molecule has 10 heavy (non-hydrogen) atoms. The second kappa shape index (κ2) is 3.91. The highest BCUT2D eigenvalue weighted by Crippen LogP contribution is 2.00. The predicted molar refractivity (Wildman–Crippen MR) is 42.9 cm³/mol. The van der Waals surface area contributed by atoms with Crippen molar-refractivity contribution in [2.45, 2.75) is 45.8 Å². The first kappa shape index (κ1) is 9.89. The zero-order valence-corrected chi connectivity index (χ0v) is 7.37. The molecular formula is C8H18FN. The smallest absolute Gasteiger partial charge is 0.0985 e. The minimum Gasteiger partial charge on any atom is -0.312 e. The molecule has 1 N–H and O–H groups in total. The highest BCUT2D eigenvalue weighted by molar-refractivity contribution is 4.70. The Morgan fingerprint density at radius 2 is 1.90 bits per heavy atom. The summed E-state index contributed by atoms with van der Waals surface area (Å²) < 4.78 is 12.2. The van der Waals surface area contributed by atoms with Crippen LogP contribution in [0.4, 0.5) is 4.39 Å². The molecule has 0 amide bonds. The molecule has 0 aliphatic rings. The molecule has 62 valence electrons. The van der Waals surface area contributed by atoms with E-state index in [1.54, 1.807) is 6.92 Å². The number of rotatable bonds is 3. The van der Waals surface area contributed by atoms with Crippen molar-refractivity contribution in [3.05, 3.63) is 0 Å². The van der Waals surface area contributed by atoms with E-state index in [0.717, 1.165) is 6.54 Å². The summed E-state index contributed by atoms with van der Waals surface area (Å²) in [4.78, 5) is 0. The summed E-state index contributed by atoms with van der Waals surface area (Å²) in [7, 11) is 0. The maximum absolute atomic E-state index is 12.2. The molecule has 0 rings (SSSR count). The minimum absolute atomic E-state index is 0.120. The number of halogens is 1. The average Bonchev–Trinajstić information content (AvgIpc) is 1.59. The molecule has 0 aromatic heterocycles. The third-order valence-electron chi connectivity index (χ3n) is 1.20. The second-order valence-electron chi connectivity index (χ2n) is 3.75. The van der Waals surface area contributed by atoms with E-state index in [-0.39, 0.29) is 5.54 Å². The number of nitrogens with one attached hydrogen (secondary N) is 1. The first-order chi connectivity index (χ1) is 4.42. The number of hydrogen-bond acceptors (Lipinski definition) is 1. The van der Waals surface area contributed by atoms with Gasteiger partial charge in [0.2, 0.25) is 0 Å². The molecule has 0 radical (unpaired) electrons. The Bertz CT molecular complexity index is 83.7. The third kappa shape index (κ3) is 7.89. The van der Waals surface area contributed by atoms with E-state index in [2.05, 4.69) is 26.1 Å². The van der Waals surface area contributed by atoms with E-state index >= 15 is 0 Å². The fourth-order valence-electron chi connectivity index (χ4n) is 0.646. The van der Waals surface area contributed by atoms with Crippen LogP contribution < -0.4 is 5.32 Å². The molecule has 0 aromatic carbocycles. The van der Waals surface area contributed by atoms with Gasteiger partial charge in [-0.15, -0.1) is 0 Å². The van der Waals surface area contributed by atoms with Gasteiger partial charge in [-0.3, -0.25) is 0 Å². The van der Waals surface area contributed by atoms with Crippen LogP contribution in [0.1, 0.15) is 34.1 Å². The van der Waals surface area contributed by atoms with Crippen LogP contribution in [0, 0.1) is 0 Å². The Morgan fingerprint density at radius 3 is 2.20 bits per heavy atom. The first-order valence-corrected chi connectivity index (χ1v) is 3.81. The van der Waals surface area contributed by atoms with Gasteiger partial charge in [0.15, 0.2) is 0 Å². The summed E-state index contributed by atoms with van der Waals surface area (Å²) in [5, 5.41) is 3.21. The van der Waals surface area contributed by atoms with E-state index in [4.69, 9.17) is 0 Å². The Labute approximate surface area is 63.0 Å². The topological polar surface area (TPSA) is 12.0 Å². The van der Waals surface area contributed by atoms with Crippen LogP contribution in [0.2, 0.25) is 0 Å². The molecule has 0 saturated heterocycles. The Kier molecular flexibility index (Phi) is 3.87. The zero-order chi connectivity index (χ0) is 8.20. The molecule has 0 fully saturated rings. The van der Waals surface area contributed by atoms with Crippen molar-refractivity contribution in [2.24, 2.45) is 0 Å². The summed E-state index contributed by atoms with van der Waals surface area (Å²) in [5.74, 6) is 0. The van der Waals surface area contributed by atoms with Crippen LogP contribution >= 0.6 is 0 Å². The molecule has 0 spiro atoms.